The highest BCUT2D eigenvalue weighted by Gasteiger charge is 2.29. The zero-order valence-electron chi connectivity index (χ0n) is 13.3. The van der Waals surface area contributed by atoms with Gasteiger partial charge in [-0.2, -0.15) is 10.1 Å². The highest BCUT2D eigenvalue weighted by Crippen LogP contribution is 2.25. The van der Waals surface area contributed by atoms with Crippen LogP contribution in [0.3, 0.4) is 0 Å². The van der Waals surface area contributed by atoms with Gasteiger partial charge in [0.1, 0.15) is 6.04 Å². The van der Waals surface area contributed by atoms with Crippen LogP contribution in [0.25, 0.3) is 17.0 Å². The summed E-state index contributed by atoms with van der Waals surface area (Å²) in [6, 6.07) is 1.89. The second-order valence-electron chi connectivity index (χ2n) is 5.80. The predicted octanol–water partition coefficient (Wildman–Crippen LogP) is 1.45. The van der Waals surface area contributed by atoms with Crippen LogP contribution in [-0.4, -0.2) is 44.0 Å². The number of hydrogen-bond donors (Lipinski definition) is 1. The third kappa shape index (κ3) is 2.40. The lowest BCUT2D eigenvalue weighted by molar-refractivity contribution is -0.00136. The van der Waals surface area contributed by atoms with E-state index in [-0.39, 0.29) is 12.1 Å². The van der Waals surface area contributed by atoms with Crippen LogP contribution in [-0.2, 0) is 4.74 Å². The minimum Gasteiger partial charge on any atom is -0.375 e. The van der Waals surface area contributed by atoms with Crippen LogP contribution in [0, 0.1) is 13.8 Å². The molecule has 0 aromatic carbocycles. The standard InChI is InChI=1S/C15H18N6O2/c1-8-6-9(2)21-14(18-8)11(7-17-21)13-19-15(23-20-13)12-10(3)22-5-4-16-12/h6-7,10,12,16H,4-5H2,1-3H3/t10-,12+/m1/s1. The summed E-state index contributed by atoms with van der Waals surface area (Å²) in [7, 11) is 0. The average molecular weight is 314 g/mol. The van der Waals surface area contributed by atoms with Gasteiger partial charge in [-0.3, -0.25) is 0 Å². The topological polar surface area (TPSA) is 90.4 Å². The first-order chi connectivity index (χ1) is 11.1. The molecule has 0 radical (unpaired) electrons. The van der Waals surface area contributed by atoms with E-state index >= 15 is 0 Å². The number of morpholine rings is 1. The molecule has 120 valence electrons. The van der Waals surface area contributed by atoms with Crippen LogP contribution in [0.5, 0.6) is 0 Å². The van der Waals surface area contributed by atoms with Crippen molar-refractivity contribution in [3.63, 3.8) is 0 Å². The van der Waals surface area contributed by atoms with Crippen molar-refractivity contribution in [1.82, 2.24) is 30.1 Å². The van der Waals surface area contributed by atoms with Crippen LogP contribution in [0.15, 0.2) is 16.8 Å². The lowest BCUT2D eigenvalue weighted by Gasteiger charge is -2.27. The van der Waals surface area contributed by atoms with E-state index in [4.69, 9.17) is 9.26 Å². The van der Waals surface area contributed by atoms with E-state index in [9.17, 15) is 0 Å². The summed E-state index contributed by atoms with van der Waals surface area (Å²) in [6.07, 6.45) is 1.71. The fraction of sp³-hybridized carbons (Fsp3) is 0.467. The van der Waals surface area contributed by atoms with Crippen molar-refractivity contribution in [1.29, 1.82) is 0 Å². The van der Waals surface area contributed by atoms with Crippen LogP contribution >= 0.6 is 0 Å². The largest absolute Gasteiger partial charge is 0.375 e. The summed E-state index contributed by atoms with van der Waals surface area (Å²) < 4.78 is 12.8. The van der Waals surface area contributed by atoms with Gasteiger partial charge >= 0.3 is 0 Å². The normalized spacial score (nSPS) is 21.9. The van der Waals surface area contributed by atoms with Gasteiger partial charge in [0.15, 0.2) is 5.65 Å². The molecule has 1 N–H and O–H groups in total. The van der Waals surface area contributed by atoms with Crippen molar-refractivity contribution in [2.75, 3.05) is 13.2 Å². The van der Waals surface area contributed by atoms with Gasteiger partial charge in [-0.1, -0.05) is 5.16 Å². The first kappa shape index (κ1) is 14.3. The summed E-state index contributed by atoms with van der Waals surface area (Å²) in [5.41, 5.74) is 3.43. The summed E-state index contributed by atoms with van der Waals surface area (Å²) in [5, 5.41) is 11.8. The Labute approximate surface area is 132 Å². The Morgan fingerprint density at radius 2 is 2.17 bits per heavy atom. The molecule has 8 heteroatoms. The summed E-state index contributed by atoms with van der Waals surface area (Å²) in [6.45, 7) is 7.39. The quantitative estimate of drug-likeness (QED) is 0.765. The number of ether oxygens (including phenoxy) is 1. The van der Waals surface area contributed by atoms with Gasteiger partial charge < -0.3 is 14.6 Å². The van der Waals surface area contributed by atoms with E-state index in [2.05, 4.69) is 25.5 Å². The molecule has 4 heterocycles. The van der Waals surface area contributed by atoms with Crippen LogP contribution in [0.1, 0.15) is 30.2 Å². The molecule has 0 amide bonds. The minimum absolute atomic E-state index is 0.0106. The monoisotopic (exact) mass is 314 g/mol. The maximum atomic E-state index is 5.63. The van der Waals surface area contributed by atoms with Gasteiger partial charge in [0, 0.05) is 17.9 Å². The Bertz CT molecular complexity index is 855. The molecule has 4 rings (SSSR count). The van der Waals surface area contributed by atoms with Gasteiger partial charge in [-0.15, -0.1) is 0 Å². The van der Waals surface area contributed by atoms with Gasteiger partial charge in [0.2, 0.25) is 11.7 Å². The smallest absolute Gasteiger partial charge is 0.246 e. The van der Waals surface area contributed by atoms with Crippen molar-refractivity contribution in [2.24, 2.45) is 0 Å². The number of hydrogen-bond acceptors (Lipinski definition) is 7. The second-order valence-corrected chi connectivity index (χ2v) is 5.80. The van der Waals surface area contributed by atoms with Gasteiger partial charge in [-0.25, -0.2) is 9.50 Å². The molecule has 3 aromatic heterocycles. The molecule has 0 aliphatic carbocycles. The van der Waals surface area contributed by atoms with Gasteiger partial charge in [0.05, 0.1) is 24.5 Å². The molecule has 2 atom stereocenters. The lowest BCUT2D eigenvalue weighted by atomic mass is 10.1. The maximum absolute atomic E-state index is 5.63. The molecule has 1 aliphatic heterocycles. The number of aromatic nitrogens is 5. The fourth-order valence-corrected chi connectivity index (χ4v) is 2.91. The number of nitrogens with one attached hydrogen (secondary N) is 1. The number of aryl methyl sites for hydroxylation is 2. The second kappa shape index (κ2) is 5.39. The van der Waals surface area contributed by atoms with Crippen molar-refractivity contribution in [2.45, 2.75) is 32.9 Å². The summed E-state index contributed by atoms with van der Waals surface area (Å²) in [5.74, 6) is 1.02. The highest BCUT2D eigenvalue weighted by atomic mass is 16.5. The van der Waals surface area contributed by atoms with E-state index in [1.54, 1.807) is 10.7 Å². The Hall–Kier alpha value is -2.32. The molecule has 1 saturated heterocycles. The average Bonchev–Trinajstić information content (AvgIpc) is 3.14. The Morgan fingerprint density at radius 1 is 1.30 bits per heavy atom. The Kier molecular flexibility index (Phi) is 3.35. The molecule has 1 fully saturated rings. The molecule has 1 aliphatic rings. The fourth-order valence-electron chi connectivity index (χ4n) is 2.91. The third-order valence-corrected chi connectivity index (χ3v) is 4.04. The van der Waals surface area contributed by atoms with Crippen LogP contribution in [0.4, 0.5) is 0 Å². The van der Waals surface area contributed by atoms with Crippen molar-refractivity contribution < 1.29 is 9.26 Å². The number of fused-ring (bicyclic) bond motifs is 1. The summed E-state index contributed by atoms with van der Waals surface area (Å²) in [4.78, 5) is 9.07. The summed E-state index contributed by atoms with van der Waals surface area (Å²) >= 11 is 0. The molecule has 0 bridgehead atoms. The molecular weight excluding hydrogens is 296 g/mol. The van der Waals surface area contributed by atoms with E-state index in [0.717, 1.165) is 29.1 Å². The first-order valence-corrected chi connectivity index (χ1v) is 7.64. The molecule has 3 aromatic rings. The molecular formula is C15H18N6O2. The zero-order chi connectivity index (χ0) is 16.0. The SMILES string of the molecule is Cc1cc(C)n2ncc(-c3noc([C@H]4NCCO[C@@H]4C)n3)c2n1. The van der Waals surface area contributed by atoms with Crippen LogP contribution in [0.2, 0.25) is 0 Å². The van der Waals surface area contributed by atoms with Crippen molar-refractivity contribution >= 4 is 5.65 Å². The number of nitrogens with zero attached hydrogens (tertiary/aromatic N) is 5. The Balaban J connectivity index is 1.74. The number of rotatable bonds is 2. The van der Waals surface area contributed by atoms with Crippen molar-refractivity contribution in [3.05, 3.63) is 29.5 Å². The van der Waals surface area contributed by atoms with E-state index in [0.29, 0.717) is 18.3 Å². The lowest BCUT2D eigenvalue weighted by Crippen LogP contribution is -2.40. The van der Waals surface area contributed by atoms with E-state index < -0.39 is 0 Å². The Morgan fingerprint density at radius 3 is 3.00 bits per heavy atom. The van der Waals surface area contributed by atoms with Crippen LogP contribution < -0.4 is 5.32 Å². The van der Waals surface area contributed by atoms with Gasteiger partial charge in [0.25, 0.3) is 0 Å². The highest BCUT2D eigenvalue weighted by molar-refractivity contribution is 5.72. The van der Waals surface area contributed by atoms with Gasteiger partial charge in [-0.05, 0) is 26.8 Å². The van der Waals surface area contributed by atoms with E-state index in [1.807, 2.05) is 26.8 Å². The molecule has 0 saturated carbocycles. The first-order valence-electron chi connectivity index (χ1n) is 7.64. The molecule has 0 unspecified atom stereocenters. The predicted molar refractivity (Wildman–Crippen MR) is 81.9 cm³/mol. The molecule has 23 heavy (non-hydrogen) atoms. The molecule has 0 spiro atoms. The minimum atomic E-state index is -0.0942. The zero-order valence-corrected chi connectivity index (χ0v) is 13.3. The third-order valence-electron chi connectivity index (χ3n) is 4.04. The maximum Gasteiger partial charge on any atom is 0.246 e. The van der Waals surface area contributed by atoms with Crippen molar-refractivity contribution in [3.8, 4) is 11.4 Å². The van der Waals surface area contributed by atoms with E-state index in [1.165, 1.54) is 0 Å². The molecule has 8 nitrogen and oxygen atoms in total.